The molecule has 1 heterocycles. The van der Waals surface area contributed by atoms with Crippen molar-refractivity contribution >= 4 is 5.96 Å². The highest BCUT2D eigenvalue weighted by atomic mass is 19.1. The summed E-state index contributed by atoms with van der Waals surface area (Å²) < 4.78 is 13.8. The highest BCUT2D eigenvalue weighted by Gasteiger charge is 2.41. The summed E-state index contributed by atoms with van der Waals surface area (Å²) in [4.78, 5) is 6.55. The van der Waals surface area contributed by atoms with E-state index in [4.69, 9.17) is 5.73 Å². The molecule has 19 heavy (non-hydrogen) atoms. The van der Waals surface area contributed by atoms with E-state index < -0.39 is 0 Å². The second kappa shape index (κ2) is 4.51. The van der Waals surface area contributed by atoms with Crippen LogP contribution in [-0.2, 0) is 6.42 Å². The molecule has 0 bridgehead atoms. The van der Waals surface area contributed by atoms with Crippen molar-refractivity contribution in [2.45, 2.75) is 31.7 Å². The highest BCUT2D eigenvalue weighted by molar-refractivity contribution is 5.81. The quantitative estimate of drug-likeness (QED) is 0.902. The Kier molecular flexibility index (Phi) is 2.96. The van der Waals surface area contributed by atoms with Crippen molar-refractivity contribution in [2.24, 2.45) is 16.6 Å². The minimum absolute atomic E-state index is 0.138. The first kappa shape index (κ1) is 12.5. The van der Waals surface area contributed by atoms with Gasteiger partial charge in [0.15, 0.2) is 5.96 Å². The van der Waals surface area contributed by atoms with Crippen LogP contribution in [0.5, 0.6) is 0 Å². The van der Waals surface area contributed by atoms with Gasteiger partial charge in [0, 0.05) is 13.0 Å². The lowest BCUT2D eigenvalue weighted by molar-refractivity contribution is 0.212. The summed E-state index contributed by atoms with van der Waals surface area (Å²) in [5, 5.41) is 0. The number of aliphatic imine (C=N–C) groups is 1. The van der Waals surface area contributed by atoms with Gasteiger partial charge in [-0.1, -0.05) is 18.2 Å². The number of benzene rings is 1. The molecule has 1 aliphatic heterocycles. The van der Waals surface area contributed by atoms with Crippen LogP contribution in [0.1, 0.15) is 25.3 Å². The zero-order valence-corrected chi connectivity index (χ0v) is 11.3. The van der Waals surface area contributed by atoms with E-state index in [1.165, 1.54) is 18.9 Å². The fourth-order valence-electron chi connectivity index (χ4n) is 2.77. The number of nitrogens with zero attached hydrogens (tertiary/aromatic N) is 2. The Balaban J connectivity index is 1.79. The van der Waals surface area contributed by atoms with Gasteiger partial charge in [0.25, 0.3) is 0 Å². The zero-order chi connectivity index (χ0) is 13.5. The van der Waals surface area contributed by atoms with E-state index in [2.05, 4.69) is 16.8 Å². The van der Waals surface area contributed by atoms with E-state index >= 15 is 0 Å². The van der Waals surface area contributed by atoms with Gasteiger partial charge in [0.2, 0.25) is 0 Å². The summed E-state index contributed by atoms with van der Waals surface area (Å²) in [7, 11) is 0. The summed E-state index contributed by atoms with van der Waals surface area (Å²) in [6, 6.07) is 6.97. The molecule has 1 aromatic carbocycles. The highest BCUT2D eigenvalue weighted by Crippen LogP contribution is 2.35. The van der Waals surface area contributed by atoms with Crippen LogP contribution in [0.25, 0.3) is 0 Å². The maximum Gasteiger partial charge on any atom is 0.191 e. The number of guanidine groups is 1. The molecule has 0 saturated heterocycles. The third-order valence-corrected chi connectivity index (χ3v) is 4.18. The molecule has 1 aliphatic carbocycles. The molecule has 1 unspecified atom stereocenters. The summed E-state index contributed by atoms with van der Waals surface area (Å²) in [6.07, 6.45) is 3.20. The van der Waals surface area contributed by atoms with Crippen molar-refractivity contribution in [3.63, 3.8) is 0 Å². The number of rotatable bonds is 4. The Hall–Kier alpha value is -1.58. The average molecular weight is 261 g/mol. The van der Waals surface area contributed by atoms with Gasteiger partial charge in [-0.15, -0.1) is 0 Å². The smallest absolute Gasteiger partial charge is 0.191 e. The number of halogens is 1. The molecular weight excluding hydrogens is 241 g/mol. The van der Waals surface area contributed by atoms with E-state index in [1.807, 2.05) is 12.1 Å². The first-order valence-electron chi connectivity index (χ1n) is 6.89. The molecular formula is C15H20FN3. The molecule has 3 rings (SSSR count). The van der Waals surface area contributed by atoms with Crippen molar-refractivity contribution in [2.75, 3.05) is 13.1 Å². The average Bonchev–Trinajstić information content (AvgIpc) is 3.15. The molecule has 1 fully saturated rings. The molecule has 1 saturated carbocycles. The SMILES string of the molecule is CC1(Cc2ccccc2F)CN=C(N)N1CC1CC1. The van der Waals surface area contributed by atoms with Crippen LogP contribution in [0.2, 0.25) is 0 Å². The van der Waals surface area contributed by atoms with Crippen molar-refractivity contribution in [3.05, 3.63) is 35.6 Å². The van der Waals surface area contributed by atoms with Crippen molar-refractivity contribution < 1.29 is 4.39 Å². The van der Waals surface area contributed by atoms with Gasteiger partial charge < -0.3 is 10.6 Å². The van der Waals surface area contributed by atoms with Crippen LogP contribution in [0, 0.1) is 11.7 Å². The van der Waals surface area contributed by atoms with E-state index in [0.29, 0.717) is 18.9 Å². The normalized spacial score (nSPS) is 26.6. The van der Waals surface area contributed by atoms with Crippen LogP contribution < -0.4 is 5.73 Å². The Morgan fingerprint density at radius 2 is 2.16 bits per heavy atom. The lowest BCUT2D eigenvalue weighted by atomic mass is 9.91. The van der Waals surface area contributed by atoms with E-state index in [0.717, 1.165) is 18.0 Å². The third kappa shape index (κ3) is 2.44. The van der Waals surface area contributed by atoms with Gasteiger partial charge in [-0.3, -0.25) is 4.99 Å². The summed E-state index contributed by atoms with van der Waals surface area (Å²) in [5.41, 5.74) is 6.56. The van der Waals surface area contributed by atoms with Gasteiger partial charge in [0.05, 0.1) is 12.1 Å². The lowest BCUT2D eigenvalue weighted by Crippen LogP contribution is -2.51. The zero-order valence-electron chi connectivity index (χ0n) is 11.3. The van der Waals surface area contributed by atoms with Gasteiger partial charge in [-0.2, -0.15) is 0 Å². The summed E-state index contributed by atoms with van der Waals surface area (Å²) >= 11 is 0. The molecule has 1 atom stereocenters. The predicted molar refractivity (Wildman–Crippen MR) is 74.4 cm³/mol. The van der Waals surface area contributed by atoms with Gasteiger partial charge >= 0.3 is 0 Å². The number of nitrogens with two attached hydrogens (primary N) is 1. The second-order valence-electron chi connectivity index (χ2n) is 5.99. The van der Waals surface area contributed by atoms with Crippen LogP contribution in [0.3, 0.4) is 0 Å². The third-order valence-electron chi connectivity index (χ3n) is 4.18. The molecule has 0 spiro atoms. The Morgan fingerprint density at radius 1 is 1.42 bits per heavy atom. The molecule has 3 nitrogen and oxygen atoms in total. The van der Waals surface area contributed by atoms with E-state index in [-0.39, 0.29) is 11.4 Å². The molecule has 4 heteroatoms. The van der Waals surface area contributed by atoms with Crippen LogP contribution >= 0.6 is 0 Å². The van der Waals surface area contributed by atoms with Crippen LogP contribution in [-0.4, -0.2) is 29.5 Å². The van der Waals surface area contributed by atoms with Crippen molar-refractivity contribution in [3.8, 4) is 0 Å². The summed E-state index contributed by atoms with van der Waals surface area (Å²) in [6.45, 7) is 3.74. The fraction of sp³-hybridized carbons (Fsp3) is 0.533. The Bertz CT molecular complexity index is 510. The fourth-order valence-corrected chi connectivity index (χ4v) is 2.77. The Morgan fingerprint density at radius 3 is 2.84 bits per heavy atom. The topological polar surface area (TPSA) is 41.6 Å². The van der Waals surface area contributed by atoms with E-state index in [9.17, 15) is 4.39 Å². The van der Waals surface area contributed by atoms with Gasteiger partial charge in [-0.05, 0) is 37.3 Å². The van der Waals surface area contributed by atoms with Crippen LogP contribution in [0.4, 0.5) is 4.39 Å². The first-order valence-corrected chi connectivity index (χ1v) is 6.89. The minimum atomic E-state index is -0.186. The molecule has 0 amide bonds. The monoisotopic (exact) mass is 261 g/mol. The molecule has 2 N–H and O–H groups in total. The van der Waals surface area contributed by atoms with Crippen molar-refractivity contribution in [1.82, 2.24) is 4.90 Å². The molecule has 1 aromatic rings. The van der Waals surface area contributed by atoms with Crippen LogP contribution in [0.15, 0.2) is 29.3 Å². The standard InChI is InChI=1S/C15H20FN3/c1-15(8-12-4-2-3-5-13(12)16)10-18-14(17)19(15)9-11-6-7-11/h2-5,11H,6-10H2,1H3,(H2,17,18). The largest absolute Gasteiger partial charge is 0.370 e. The number of hydrogen-bond donors (Lipinski definition) is 1. The van der Waals surface area contributed by atoms with Crippen molar-refractivity contribution in [1.29, 1.82) is 0 Å². The van der Waals surface area contributed by atoms with E-state index in [1.54, 1.807) is 6.07 Å². The molecule has 102 valence electrons. The molecule has 0 radical (unpaired) electrons. The molecule has 0 aromatic heterocycles. The lowest BCUT2D eigenvalue weighted by Gasteiger charge is -2.36. The predicted octanol–water partition coefficient (Wildman–Crippen LogP) is 2.17. The Labute approximate surface area is 113 Å². The second-order valence-corrected chi connectivity index (χ2v) is 5.99. The first-order chi connectivity index (χ1) is 9.08. The van der Waals surface area contributed by atoms with Gasteiger partial charge in [-0.25, -0.2) is 4.39 Å². The molecule has 2 aliphatic rings. The minimum Gasteiger partial charge on any atom is -0.370 e. The number of hydrogen-bond acceptors (Lipinski definition) is 3. The van der Waals surface area contributed by atoms with Gasteiger partial charge in [0.1, 0.15) is 5.82 Å². The maximum atomic E-state index is 13.8. The maximum absolute atomic E-state index is 13.8. The summed E-state index contributed by atoms with van der Waals surface area (Å²) in [5.74, 6) is 1.22.